The number of halogens is 2. The minimum atomic E-state index is -0.423. The standard InChI is InChI=1S/C19H21FN4O3S.ClH/c1-10(6-7-21)27-14-8-12(20)4-5-13(14)24-17-15-11(2)16(19(25)26-3)28-18(15)23-9-22-17;/h4-5,8-10H,6-7,21H2,1-3H3,(H,22,23,24);1H. The van der Waals surface area contributed by atoms with Crippen LogP contribution in [0.4, 0.5) is 15.9 Å². The van der Waals surface area contributed by atoms with Crippen molar-refractivity contribution in [3.05, 3.63) is 40.8 Å². The van der Waals surface area contributed by atoms with Gasteiger partial charge in [-0.3, -0.25) is 0 Å². The molecule has 0 fully saturated rings. The highest BCUT2D eigenvalue weighted by Gasteiger charge is 2.20. The lowest BCUT2D eigenvalue weighted by Gasteiger charge is -2.18. The average molecular weight is 441 g/mol. The number of nitrogens with two attached hydrogens (primary N) is 1. The molecule has 3 N–H and O–H groups in total. The first-order valence-corrected chi connectivity index (χ1v) is 9.52. The first-order chi connectivity index (χ1) is 13.4. The van der Waals surface area contributed by atoms with Gasteiger partial charge >= 0.3 is 5.97 Å². The number of methoxy groups -OCH3 is 1. The number of carbonyl (C=O) groups is 1. The first kappa shape index (κ1) is 22.8. The van der Waals surface area contributed by atoms with Gasteiger partial charge in [0.25, 0.3) is 0 Å². The van der Waals surface area contributed by atoms with Crippen LogP contribution in [-0.4, -0.2) is 35.7 Å². The van der Waals surface area contributed by atoms with E-state index in [1.165, 1.54) is 36.9 Å². The molecule has 10 heteroatoms. The van der Waals surface area contributed by atoms with E-state index in [-0.39, 0.29) is 18.5 Å². The van der Waals surface area contributed by atoms with Gasteiger partial charge in [-0.05, 0) is 44.5 Å². The summed E-state index contributed by atoms with van der Waals surface area (Å²) in [5.74, 6) is 0.0199. The van der Waals surface area contributed by atoms with E-state index >= 15 is 0 Å². The molecule has 1 aromatic carbocycles. The number of rotatable bonds is 7. The number of benzene rings is 1. The molecule has 0 amide bonds. The number of hydrogen-bond donors (Lipinski definition) is 2. The van der Waals surface area contributed by atoms with Crippen LogP contribution in [0.15, 0.2) is 24.5 Å². The number of hydrogen-bond acceptors (Lipinski definition) is 8. The zero-order valence-electron chi connectivity index (χ0n) is 16.2. The Bertz CT molecular complexity index is 1010. The van der Waals surface area contributed by atoms with E-state index in [0.29, 0.717) is 45.3 Å². The van der Waals surface area contributed by atoms with Crippen molar-refractivity contribution in [1.29, 1.82) is 0 Å². The van der Waals surface area contributed by atoms with E-state index in [2.05, 4.69) is 15.3 Å². The molecule has 2 aromatic heterocycles. The molecule has 0 aliphatic heterocycles. The van der Waals surface area contributed by atoms with Gasteiger partial charge in [0, 0.05) is 6.07 Å². The lowest BCUT2D eigenvalue weighted by Crippen LogP contribution is -2.17. The number of anilines is 2. The van der Waals surface area contributed by atoms with Gasteiger partial charge in [-0.1, -0.05) is 0 Å². The highest BCUT2D eigenvalue weighted by Crippen LogP contribution is 2.36. The Kier molecular flexibility index (Phi) is 7.72. The van der Waals surface area contributed by atoms with Gasteiger partial charge < -0.3 is 20.5 Å². The zero-order chi connectivity index (χ0) is 20.3. The summed E-state index contributed by atoms with van der Waals surface area (Å²) in [6.07, 6.45) is 1.87. The minimum absolute atomic E-state index is 0. The Morgan fingerprint density at radius 3 is 2.83 bits per heavy atom. The summed E-state index contributed by atoms with van der Waals surface area (Å²) in [4.78, 5) is 21.7. The van der Waals surface area contributed by atoms with Crippen molar-refractivity contribution in [1.82, 2.24) is 9.97 Å². The van der Waals surface area contributed by atoms with Gasteiger partial charge in [-0.25, -0.2) is 19.2 Å². The van der Waals surface area contributed by atoms with E-state index < -0.39 is 11.8 Å². The van der Waals surface area contributed by atoms with Crippen LogP contribution in [-0.2, 0) is 4.74 Å². The predicted octanol–water partition coefficient (Wildman–Crippen LogP) is 4.21. The number of aromatic nitrogens is 2. The van der Waals surface area contributed by atoms with Gasteiger partial charge in [-0.2, -0.15) is 0 Å². The first-order valence-electron chi connectivity index (χ1n) is 8.70. The summed E-state index contributed by atoms with van der Waals surface area (Å²) in [6.45, 7) is 4.15. The molecule has 0 saturated heterocycles. The lowest BCUT2D eigenvalue weighted by molar-refractivity contribution is 0.0605. The fourth-order valence-corrected chi connectivity index (χ4v) is 3.86. The zero-order valence-corrected chi connectivity index (χ0v) is 17.8. The Balaban J connectivity index is 0.00000300. The Morgan fingerprint density at radius 1 is 1.38 bits per heavy atom. The van der Waals surface area contributed by atoms with Crippen molar-refractivity contribution in [3.63, 3.8) is 0 Å². The Labute approximate surface area is 177 Å². The van der Waals surface area contributed by atoms with Crippen LogP contribution in [0.2, 0.25) is 0 Å². The van der Waals surface area contributed by atoms with Crippen LogP contribution in [0.3, 0.4) is 0 Å². The highest BCUT2D eigenvalue weighted by atomic mass is 35.5. The molecule has 2 heterocycles. The third-order valence-corrected chi connectivity index (χ3v) is 5.38. The smallest absolute Gasteiger partial charge is 0.348 e. The monoisotopic (exact) mass is 440 g/mol. The highest BCUT2D eigenvalue weighted by molar-refractivity contribution is 7.20. The maximum absolute atomic E-state index is 13.8. The molecule has 156 valence electrons. The molecule has 0 saturated carbocycles. The summed E-state index contributed by atoms with van der Waals surface area (Å²) in [7, 11) is 1.33. The van der Waals surface area contributed by atoms with Gasteiger partial charge in [-0.15, -0.1) is 23.7 Å². The third-order valence-electron chi connectivity index (χ3n) is 4.20. The van der Waals surface area contributed by atoms with Gasteiger partial charge in [0.05, 0.1) is 24.3 Å². The largest absolute Gasteiger partial charge is 0.488 e. The van der Waals surface area contributed by atoms with Gasteiger partial charge in [0.15, 0.2) is 0 Å². The number of ether oxygens (including phenoxy) is 2. The van der Waals surface area contributed by atoms with Crippen molar-refractivity contribution in [2.45, 2.75) is 26.4 Å². The maximum atomic E-state index is 13.8. The minimum Gasteiger partial charge on any atom is -0.488 e. The maximum Gasteiger partial charge on any atom is 0.348 e. The number of nitrogens with zero attached hydrogens (tertiary/aromatic N) is 2. The summed E-state index contributed by atoms with van der Waals surface area (Å²) >= 11 is 1.23. The second-order valence-electron chi connectivity index (χ2n) is 6.22. The second kappa shape index (κ2) is 9.82. The second-order valence-corrected chi connectivity index (χ2v) is 7.22. The van der Waals surface area contributed by atoms with Crippen LogP contribution in [0.25, 0.3) is 10.2 Å². The van der Waals surface area contributed by atoms with E-state index in [1.807, 2.05) is 13.8 Å². The summed E-state index contributed by atoms with van der Waals surface area (Å²) < 4.78 is 24.4. The molecule has 0 spiro atoms. The lowest BCUT2D eigenvalue weighted by atomic mass is 10.2. The average Bonchev–Trinajstić information content (AvgIpc) is 3.01. The summed E-state index contributed by atoms with van der Waals surface area (Å²) in [5, 5.41) is 3.89. The Morgan fingerprint density at radius 2 is 2.14 bits per heavy atom. The predicted molar refractivity (Wildman–Crippen MR) is 114 cm³/mol. The molecule has 0 aliphatic rings. The van der Waals surface area contributed by atoms with Crippen LogP contribution in [0.5, 0.6) is 5.75 Å². The van der Waals surface area contributed by atoms with Crippen molar-refractivity contribution in [2.75, 3.05) is 19.0 Å². The fourth-order valence-electron chi connectivity index (χ4n) is 2.79. The fraction of sp³-hybridized carbons (Fsp3) is 0.316. The van der Waals surface area contributed by atoms with Crippen LogP contribution < -0.4 is 15.8 Å². The van der Waals surface area contributed by atoms with Crippen molar-refractivity contribution >= 4 is 51.4 Å². The van der Waals surface area contributed by atoms with Crippen molar-refractivity contribution < 1.29 is 18.7 Å². The van der Waals surface area contributed by atoms with Crippen LogP contribution >= 0.6 is 23.7 Å². The third kappa shape index (κ3) is 4.92. The molecule has 1 atom stereocenters. The molecular formula is C19H22ClFN4O3S. The molecule has 0 aliphatic carbocycles. The number of thiophene rings is 1. The number of esters is 1. The molecule has 29 heavy (non-hydrogen) atoms. The molecule has 0 bridgehead atoms. The summed E-state index contributed by atoms with van der Waals surface area (Å²) in [5.41, 5.74) is 6.84. The Hall–Kier alpha value is -2.49. The van der Waals surface area contributed by atoms with E-state index in [0.717, 1.165) is 5.56 Å². The van der Waals surface area contributed by atoms with E-state index in [1.54, 1.807) is 6.07 Å². The topological polar surface area (TPSA) is 99.4 Å². The number of nitrogens with one attached hydrogen (secondary N) is 1. The van der Waals surface area contributed by atoms with E-state index in [9.17, 15) is 9.18 Å². The molecular weight excluding hydrogens is 419 g/mol. The van der Waals surface area contributed by atoms with E-state index in [4.69, 9.17) is 15.2 Å². The van der Waals surface area contributed by atoms with Crippen molar-refractivity contribution in [3.8, 4) is 5.75 Å². The van der Waals surface area contributed by atoms with Crippen LogP contribution in [0, 0.1) is 12.7 Å². The molecule has 1 unspecified atom stereocenters. The number of fused-ring (bicyclic) bond motifs is 1. The molecule has 7 nitrogen and oxygen atoms in total. The van der Waals surface area contributed by atoms with Crippen molar-refractivity contribution in [2.24, 2.45) is 5.73 Å². The molecule has 3 aromatic rings. The quantitative estimate of drug-likeness (QED) is 0.531. The van der Waals surface area contributed by atoms with Gasteiger partial charge in [0.2, 0.25) is 0 Å². The normalized spacial score (nSPS) is 11.6. The SMILES string of the molecule is COC(=O)c1sc2ncnc(Nc3ccc(F)cc3OC(C)CCN)c2c1C.Cl. The number of carbonyl (C=O) groups excluding carboxylic acids is 1. The molecule has 3 rings (SSSR count). The van der Waals surface area contributed by atoms with Crippen LogP contribution in [0.1, 0.15) is 28.6 Å². The molecule has 0 radical (unpaired) electrons. The van der Waals surface area contributed by atoms with Gasteiger partial charge in [0.1, 0.15) is 33.4 Å². The number of aryl methyl sites for hydroxylation is 1. The summed E-state index contributed by atoms with van der Waals surface area (Å²) in [6, 6.07) is 4.23.